The Hall–Kier alpha value is -3.75. The van der Waals surface area contributed by atoms with E-state index in [2.05, 4.69) is 20.3 Å². The van der Waals surface area contributed by atoms with Gasteiger partial charge in [-0.25, -0.2) is 19.8 Å². The molecule has 0 aliphatic carbocycles. The van der Waals surface area contributed by atoms with Crippen LogP contribution in [0.1, 0.15) is 18.3 Å². The van der Waals surface area contributed by atoms with Gasteiger partial charge in [-0.1, -0.05) is 30.3 Å². The molecular weight excluding hydrogens is 382 g/mol. The Bertz CT molecular complexity index is 1110. The number of hydrogen-bond acceptors (Lipinski definition) is 6. The van der Waals surface area contributed by atoms with Gasteiger partial charge in [0.2, 0.25) is 0 Å². The van der Waals surface area contributed by atoms with Gasteiger partial charge in [0, 0.05) is 19.3 Å². The summed E-state index contributed by atoms with van der Waals surface area (Å²) >= 11 is 0. The number of carbonyl (C=O) groups excluding carboxylic acids is 2. The monoisotopic (exact) mass is 403 g/mol. The van der Waals surface area contributed by atoms with Gasteiger partial charge in [0.25, 0.3) is 5.91 Å². The second kappa shape index (κ2) is 7.25. The zero-order valence-electron chi connectivity index (χ0n) is 16.4. The van der Waals surface area contributed by atoms with Gasteiger partial charge in [0.05, 0.1) is 11.9 Å². The summed E-state index contributed by atoms with van der Waals surface area (Å²) in [5.41, 5.74) is 2.55. The molecule has 30 heavy (non-hydrogen) atoms. The van der Waals surface area contributed by atoms with E-state index in [-0.39, 0.29) is 5.91 Å². The third kappa shape index (κ3) is 3.08. The van der Waals surface area contributed by atoms with Crippen molar-refractivity contribution in [3.8, 4) is 0 Å². The van der Waals surface area contributed by atoms with Gasteiger partial charge in [-0.05, 0) is 24.6 Å². The second-order valence-electron chi connectivity index (χ2n) is 7.33. The van der Waals surface area contributed by atoms with Crippen LogP contribution < -0.4 is 5.32 Å². The zero-order chi connectivity index (χ0) is 20.7. The summed E-state index contributed by atoms with van der Waals surface area (Å²) in [5.74, 6) is 1.11. The SMILES string of the molecule is CCN1C(=O)NC(=O)C2C1N=C(Cc1nc3ncccc3[nH]1)N2Cc1ccccc1. The molecule has 1 saturated heterocycles. The topological polar surface area (TPSA) is 107 Å². The lowest BCUT2D eigenvalue weighted by Crippen LogP contribution is -2.64. The van der Waals surface area contributed by atoms with E-state index in [0.29, 0.717) is 31.0 Å². The van der Waals surface area contributed by atoms with Gasteiger partial charge in [-0.15, -0.1) is 0 Å². The van der Waals surface area contributed by atoms with Crippen LogP contribution >= 0.6 is 0 Å². The number of carbonyl (C=O) groups is 2. The molecule has 0 spiro atoms. The molecule has 1 aromatic carbocycles. The highest BCUT2D eigenvalue weighted by Crippen LogP contribution is 2.28. The number of aromatic nitrogens is 3. The summed E-state index contributed by atoms with van der Waals surface area (Å²) in [6.07, 6.45) is 1.57. The number of benzene rings is 1. The van der Waals surface area contributed by atoms with Crippen LogP contribution in [0, 0.1) is 0 Å². The standard InChI is InChI=1S/C21H21N7O2/c1-2-27-19-17(20(29)26-21(27)30)28(12-13-7-4-3-5-8-13)16(25-19)11-15-23-14-9-6-10-22-18(14)24-15/h3-10,17,19H,2,11-12H2,1H3,(H,22,23,24)(H,26,29,30). The molecule has 0 bridgehead atoms. The fourth-order valence-corrected chi connectivity index (χ4v) is 4.08. The maximum Gasteiger partial charge on any atom is 0.325 e. The van der Waals surface area contributed by atoms with Gasteiger partial charge >= 0.3 is 6.03 Å². The highest BCUT2D eigenvalue weighted by Gasteiger charge is 2.49. The molecule has 0 radical (unpaired) electrons. The quantitative estimate of drug-likeness (QED) is 0.674. The molecule has 0 saturated carbocycles. The molecule has 2 atom stereocenters. The van der Waals surface area contributed by atoms with E-state index in [0.717, 1.165) is 16.9 Å². The number of amidine groups is 1. The van der Waals surface area contributed by atoms with E-state index in [9.17, 15) is 9.59 Å². The molecule has 2 aliphatic rings. The Morgan fingerprint density at radius 1 is 1.07 bits per heavy atom. The Labute approximate surface area is 172 Å². The van der Waals surface area contributed by atoms with Crippen LogP contribution in [0.3, 0.4) is 0 Å². The van der Waals surface area contributed by atoms with Crippen molar-refractivity contribution in [2.24, 2.45) is 4.99 Å². The number of urea groups is 1. The van der Waals surface area contributed by atoms with Gasteiger partial charge in [-0.3, -0.25) is 15.0 Å². The van der Waals surface area contributed by atoms with Gasteiger partial charge in [-0.2, -0.15) is 0 Å². The predicted molar refractivity (Wildman–Crippen MR) is 111 cm³/mol. The number of rotatable bonds is 5. The first-order valence-electron chi connectivity index (χ1n) is 9.92. The normalized spacial score (nSPS) is 21.0. The molecule has 4 heterocycles. The third-order valence-electron chi connectivity index (χ3n) is 5.48. The van der Waals surface area contributed by atoms with E-state index in [1.165, 1.54) is 0 Å². The number of pyridine rings is 1. The predicted octanol–water partition coefficient (Wildman–Crippen LogP) is 1.68. The number of imidazole rings is 1. The summed E-state index contributed by atoms with van der Waals surface area (Å²) in [4.78, 5) is 45.6. The van der Waals surface area contributed by atoms with Crippen molar-refractivity contribution >= 4 is 28.9 Å². The number of nitrogens with zero attached hydrogens (tertiary/aromatic N) is 5. The van der Waals surface area contributed by atoms with E-state index < -0.39 is 18.2 Å². The molecule has 1 fully saturated rings. The smallest absolute Gasteiger partial charge is 0.325 e. The van der Waals surface area contributed by atoms with Crippen LogP contribution in [-0.4, -0.2) is 61.3 Å². The highest BCUT2D eigenvalue weighted by atomic mass is 16.2. The van der Waals surface area contributed by atoms with Gasteiger partial charge < -0.3 is 9.88 Å². The van der Waals surface area contributed by atoms with Crippen molar-refractivity contribution in [1.29, 1.82) is 0 Å². The summed E-state index contributed by atoms with van der Waals surface area (Å²) in [6, 6.07) is 12.7. The highest BCUT2D eigenvalue weighted by molar-refractivity contribution is 6.04. The number of hydrogen-bond donors (Lipinski definition) is 2. The molecule has 2 unspecified atom stereocenters. The van der Waals surface area contributed by atoms with Crippen molar-refractivity contribution in [2.45, 2.75) is 32.1 Å². The Kier molecular flexibility index (Phi) is 4.42. The summed E-state index contributed by atoms with van der Waals surface area (Å²) in [6.45, 7) is 2.86. The molecule has 9 heteroatoms. The van der Waals surface area contributed by atoms with Crippen LogP contribution in [0.15, 0.2) is 53.7 Å². The molecule has 3 amide bonds. The Morgan fingerprint density at radius 3 is 2.67 bits per heavy atom. The minimum Gasteiger partial charge on any atom is -0.340 e. The number of H-pyrrole nitrogens is 1. The number of amides is 3. The van der Waals surface area contributed by atoms with E-state index in [1.54, 1.807) is 11.1 Å². The number of imide groups is 1. The summed E-state index contributed by atoms with van der Waals surface area (Å²) < 4.78 is 0. The van der Waals surface area contributed by atoms with E-state index >= 15 is 0 Å². The maximum atomic E-state index is 12.8. The minimum absolute atomic E-state index is 0.323. The number of fused-ring (bicyclic) bond motifs is 2. The lowest BCUT2D eigenvalue weighted by Gasteiger charge is -2.37. The maximum absolute atomic E-state index is 12.8. The lowest BCUT2D eigenvalue weighted by molar-refractivity contribution is -0.127. The average molecular weight is 403 g/mol. The average Bonchev–Trinajstić information content (AvgIpc) is 3.30. The zero-order valence-corrected chi connectivity index (χ0v) is 16.4. The first kappa shape index (κ1) is 18.3. The molecule has 2 aliphatic heterocycles. The van der Waals surface area contributed by atoms with Crippen molar-refractivity contribution in [2.75, 3.05) is 6.54 Å². The molecule has 2 aromatic heterocycles. The first-order valence-corrected chi connectivity index (χ1v) is 9.92. The number of aliphatic imine (C=N–C) groups is 1. The third-order valence-corrected chi connectivity index (χ3v) is 5.48. The molecular formula is C21H21N7O2. The first-order chi connectivity index (χ1) is 14.6. The number of likely N-dealkylation sites (N-methyl/N-ethyl adjacent to an activating group) is 1. The number of aromatic amines is 1. The fraction of sp³-hybridized carbons (Fsp3) is 0.286. The van der Waals surface area contributed by atoms with Crippen molar-refractivity contribution in [1.82, 2.24) is 30.1 Å². The van der Waals surface area contributed by atoms with E-state index in [4.69, 9.17) is 4.99 Å². The van der Waals surface area contributed by atoms with E-state index in [1.807, 2.05) is 54.3 Å². The largest absolute Gasteiger partial charge is 0.340 e. The van der Waals surface area contributed by atoms with Gasteiger partial charge in [0.1, 0.15) is 11.7 Å². The molecule has 152 valence electrons. The van der Waals surface area contributed by atoms with Crippen molar-refractivity contribution < 1.29 is 9.59 Å². The molecule has 9 nitrogen and oxygen atoms in total. The molecule has 2 N–H and O–H groups in total. The van der Waals surface area contributed by atoms with Crippen LogP contribution in [0.5, 0.6) is 0 Å². The van der Waals surface area contributed by atoms with Crippen LogP contribution in [0.2, 0.25) is 0 Å². The Balaban J connectivity index is 1.51. The Morgan fingerprint density at radius 2 is 1.90 bits per heavy atom. The van der Waals surface area contributed by atoms with Crippen LogP contribution in [0.4, 0.5) is 4.79 Å². The fourth-order valence-electron chi connectivity index (χ4n) is 4.08. The molecule has 3 aromatic rings. The van der Waals surface area contributed by atoms with Crippen molar-refractivity contribution in [3.05, 3.63) is 60.0 Å². The number of nitrogens with one attached hydrogen (secondary N) is 2. The second-order valence-corrected chi connectivity index (χ2v) is 7.33. The summed E-state index contributed by atoms with van der Waals surface area (Å²) in [7, 11) is 0. The van der Waals surface area contributed by atoms with Crippen LogP contribution in [-0.2, 0) is 17.8 Å². The van der Waals surface area contributed by atoms with Crippen molar-refractivity contribution in [3.63, 3.8) is 0 Å². The van der Waals surface area contributed by atoms with Gasteiger partial charge in [0.15, 0.2) is 17.9 Å². The van der Waals surface area contributed by atoms with Crippen LogP contribution in [0.25, 0.3) is 11.2 Å². The minimum atomic E-state index is -0.569. The molecule has 5 rings (SSSR count). The summed E-state index contributed by atoms with van der Waals surface area (Å²) in [5, 5.41) is 2.47. The lowest BCUT2D eigenvalue weighted by atomic mass is 10.1.